The Hall–Kier alpha value is -1.65. The second kappa shape index (κ2) is 6.18. The number of anilines is 1. The van der Waals surface area contributed by atoms with Crippen LogP contribution in [0.3, 0.4) is 0 Å². The van der Waals surface area contributed by atoms with Gasteiger partial charge >= 0.3 is 0 Å². The SMILES string of the molecule is Cc1ncc(NCC(=O)NCC(C)C)nc1C. The zero-order valence-electron chi connectivity index (χ0n) is 10.9. The van der Waals surface area contributed by atoms with Gasteiger partial charge < -0.3 is 10.6 Å². The quantitative estimate of drug-likeness (QED) is 0.808. The zero-order chi connectivity index (χ0) is 12.8. The minimum absolute atomic E-state index is 0.0290. The Balaban J connectivity index is 2.39. The molecule has 0 unspecified atom stereocenters. The van der Waals surface area contributed by atoms with Gasteiger partial charge in [-0.25, -0.2) is 4.98 Å². The summed E-state index contributed by atoms with van der Waals surface area (Å²) >= 11 is 0. The number of nitrogens with zero attached hydrogens (tertiary/aromatic N) is 2. The minimum atomic E-state index is -0.0290. The Morgan fingerprint density at radius 3 is 2.65 bits per heavy atom. The molecule has 0 bridgehead atoms. The molecule has 0 aliphatic rings. The van der Waals surface area contributed by atoms with Gasteiger partial charge in [0.2, 0.25) is 5.91 Å². The first-order chi connectivity index (χ1) is 7.99. The Morgan fingerprint density at radius 2 is 2.06 bits per heavy atom. The van der Waals surface area contributed by atoms with Gasteiger partial charge in [-0.1, -0.05) is 13.8 Å². The van der Waals surface area contributed by atoms with Gasteiger partial charge in [0.25, 0.3) is 0 Å². The summed E-state index contributed by atoms with van der Waals surface area (Å²) in [5.74, 6) is 1.06. The number of aryl methyl sites for hydroxylation is 2. The highest BCUT2D eigenvalue weighted by Crippen LogP contribution is 2.04. The fourth-order valence-electron chi connectivity index (χ4n) is 1.18. The molecule has 0 aliphatic carbocycles. The summed E-state index contributed by atoms with van der Waals surface area (Å²) in [6.07, 6.45) is 1.64. The van der Waals surface area contributed by atoms with Gasteiger partial charge in [0, 0.05) is 6.54 Å². The molecule has 1 aromatic heterocycles. The molecule has 0 saturated heterocycles. The Kier molecular flexibility index (Phi) is 4.87. The highest BCUT2D eigenvalue weighted by molar-refractivity contribution is 5.80. The van der Waals surface area contributed by atoms with E-state index >= 15 is 0 Å². The highest BCUT2D eigenvalue weighted by atomic mass is 16.1. The number of hydrogen-bond donors (Lipinski definition) is 2. The van der Waals surface area contributed by atoms with Crippen molar-refractivity contribution in [2.45, 2.75) is 27.7 Å². The first-order valence-electron chi connectivity index (χ1n) is 5.80. The van der Waals surface area contributed by atoms with Crippen LogP contribution in [-0.2, 0) is 4.79 Å². The average molecular weight is 236 g/mol. The van der Waals surface area contributed by atoms with Crippen LogP contribution in [-0.4, -0.2) is 29.0 Å². The van der Waals surface area contributed by atoms with Crippen LogP contribution < -0.4 is 10.6 Å². The summed E-state index contributed by atoms with van der Waals surface area (Å²) in [6, 6.07) is 0. The summed E-state index contributed by atoms with van der Waals surface area (Å²) in [5, 5.41) is 5.78. The van der Waals surface area contributed by atoms with Gasteiger partial charge in [-0.3, -0.25) is 9.78 Å². The van der Waals surface area contributed by atoms with Crippen molar-refractivity contribution in [3.8, 4) is 0 Å². The lowest BCUT2D eigenvalue weighted by Gasteiger charge is -2.09. The summed E-state index contributed by atoms with van der Waals surface area (Å²) < 4.78 is 0. The molecule has 0 fully saturated rings. The second-order valence-electron chi connectivity index (χ2n) is 4.48. The van der Waals surface area contributed by atoms with Crippen molar-refractivity contribution in [2.24, 2.45) is 5.92 Å². The van der Waals surface area contributed by atoms with Crippen LogP contribution in [0.15, 0.2) is 6.20 Å². The summed E-state index contributed by atoms with van der Waals surface area (Å²) in [6.45, 7) is 8.84. The molecule has 0 aromatic carbocycles. The van der Waals surface area contributed by atoms with E-state index in [-0.39, 0.29) is 12.5 Å². The molecule has 0 radical (unpaired) electrons. The number of carbonyl (C=O) groups excluding carboxylic acids is 1. The number of nitrogens with one attached hydrogen (secondary N) is 2. The molecule has 1 aromatic rings. The predicted molar refractivity (Wildman–Crippen MR) is 67.8 cm³/mol. The largest absolute Gasteiger partial charge is 0.360 e. The van der Waals surface area contributed by atoms with Crippen molar-refractivity contribution in [2.75, 3.05) is 18.4 Å². The van der Waals surface area contributed by atoms with E-state index < -0.39 is 0 Å². The van der Waals surface area contributed by atoms with Crippen molar-refractivity contribution >= 4 is 11.7 Å². The molecule has 0 saturated carbocycles. The van der Waals surface area contributed by atoms with Crippen molar-refractivity contribution in [1.29, 1.82) is 0 Å². The van der Waals surface area contributed by atoms with Crippen molar-refractivity contribution in [3.05, 3.63) is 17.6 Å². The van der Waals surface area contributed by atoms with Crippen LogP contribution in [0.5, 0.6) is 0 Å². The maximum Gasteiger partial charge on any atom is 0.239 e. The fourth-order valence-corrected chi connectivity index (χ4v) is 1.18. The van der Waals surface area contributed by atoms with E-state index in [1.54, 1.807) is 6.20 Å². The van der Waals surface area contributed by atoms with Gasteiger partial charge in [-0.05, 0) is 19.8 Å². The van der Waals surface area contributed by atoms with E-state index in [2.05, 4.69) is 34.4 Å². The lowest BCUT2D eigenvalue weighted by atomic mass is 10.2. The van der Waals surface area contributed by atoms with Crippen LogP contribution >= 0.6 is 0 Å². The molecule has 1 heterocycles. The molecular formula is C12H20N4O. The highest BCUT2D eigenvalue weighted by Gasteiger charge is 2.03. The smallest absolute Gasteiger partial charge is 0.239 e. The molecule has 1 rings (SSSR count). The Morgan fingerprint density at radius 1 is 1.35 bits per heavy atom. The molecule has 94 valence electrons. The molecule has 0 aliphatic heterocycles. The van der Waals surface area contributed by atoms with Crippen LogP contribution in [0, 0.1) is 19.8 Å². The summed E-state index contributed by atoms with van der Waals surface area (Å²) in [5.41, 5.74) is 1.78. The number of hydrogen-bond acceptors (Lipinski definition) is 4. The van der Waals surface area contributed by atoms with Crippen molar-refractivity contribution in [1.82, 2.24) is 15.3 Å². The molecule has 5 nitrogen and oxygen atoms in total. The third kappa shape index (κ3) is 4.80. The lowest BCUT2D eigenvalue weighted by molar-refractivity contribution is -0.119. The van der Waals surface area contributed by atoms with Crippen LogP contribution in [0.1, 0.15) is 25.2 Å². The Labute approximate surface area is 102 Å². The topological polar surface area (TPSA) is 66.9 Å². The van der Waals surface area contributed by atoms with E-state index in [0.717, 1.165) is 11.4 Å². The van der Waals surface area contributed by atoms with Crippen molar-refractivity contribution < 1.29 is 4.79 Å². The molecule has 0 spiro atoms. The molecule has 17 heavy (non-hydrogen) atoms. The molecule has 0 atom stereocenters. The third-order valence-electron chi connectivity index (χ3n) is 2.33. The van der Waals surface area contributed by atoms with Crippen molar-refractivity contribution in [3.63, 3.8) is 0 Å². The van der Waals surface area contributed by atoms with E-state index in [0.29, 0.717) is 18.3 Å². The predicted octanol–water partition coefficient (Wildman–Crippen LogP) is 1.28. The van der Waals surface area contributed by atoms with Gasteiger partial charge in [0.1, 0.15) is 5.82 Å². The van der Waals surface area contributed by atoms with Gasteiger partial charge in [-0.15, -0.1) is 0 Å². The maximum atomic E-state index is 11.5. The lowest BCUT2D eigenvalue weighted by Crippen LogP contribution is -2.32. The van der Waals surface area contributed by atoms with Crippen LogP contribution in [0.4, 0.5) is 5.82 Å². The minimum Gasteiger partial charge on any atom is -0.360 e. The van der Waals surface area contributed by atoms with Gasteiger partial charge in [-0.2, -0.15) is 0 Å². The van der Waals surface area contributed by atoms with E-state index in [4.69, 9.17) is 0 Å². The molecular weight excluding hydrogens is 216 g/mol. The standard InChI is InChI=1S/C12H20N4O/c1-8(2)5-15-12(17)7-14-11-6-13-9(3)10(4)16-11/h6,8H,5,7H2,1-4H3,(H,14,16)(H,15,17). The normalized spacial score (nSPS) is 10.4. The van der Waals surface area contributed by atoms with Crippen LogP contribution in [0.25, 0.3) is 0 Å². The molecule has 1 amide bonds. The first kappa shape index (κ1) is 13.4. The average Bonchev–Trinajstić information content (AvgIpc) is 2.28. The maximum absolute atomic E-state index is 11.5. The molecule has 2 N–H and O–H groups in total. The second-order valence-corrected chi connectivity index (χ2v) is 4.48. The number of carbonyl (C=O) groups is 1. The van der Waals surface area contributed by atoms with Gasteiger partial charge in [0.15, 0.2) is 0 Å². The van der Waals surface area contributed by atoms with E-state index in [1.807, 2.05) is 13.8 Å². The number of rotatable bonds is 5. The number of aromatic nitrogens is 2. The van der Waals surface area contributed by atoms with E-state index in [9.17, 15) is 4.79 Å². The Bertz CT molecular complexity index is 390. The molecule has 5 heteroatoms. The van der Waals surface area contributed by atoms with Gasteiger partial charge in [0.05, 0.1) is 24.1 Å². The first-order valence-corrected chi connectivity index (χ1v) is 5.80. The number of amides is 1. The zero-order valence-corrected chi connectivity index (χ0v) is 10.9. The third-order valence-corrected chi connectivity index (χ3v) is 2.33. The van der Waals surface area contributed by atoms with E-state index in [1.165, 1.54) is 0 Å². The summed E-state index contributed by atoms with van der Waals surface area (Å²) in [4.78, 5) is 19.9. The summed E-state index contributed by atoms with van der Waals surface area (Å²) in [7, 11) is 0. The fraction of sp³-hybridized carbons (Fsp3) is 0.583. The monoisotopic (exact) mass is 236 g/mol. The van der Waals surface area contributed by atoms with Crippen LogP contribution in [0.2, 0.25) is 0 Å².